The molecule has 1 amide bonds. The number of aromatic amines is 1. The molecular formula is C24H23F6N7O2. The Labute approximate surface area is 217 Å². The van der Waals surface area contributed by atoms with E-state index in [0.717, 1.165) is 31.4 Å². The summed E-state index contributed by atoms with van der Waals surface area (Å²) >= 11 is 0. The number of benzene rings is 1. The molecule has 1 atom stereocenters. The number of hydrogen-bond acceptors (Lipinski definition) is 6. The Bertz CT molecular complexity index is 1340. The highest BCUT2D eigenvalue weighted by molar-refractivity contribution is 6.27. The van der Waals surface area contributed by atoms with E-state index in [-0.39, 0.29) is 53.0 Å². The summed E-state index contributed by atoms with van der Waals surface area (Å²) in [5, 5.41) is 19.7. The Morgan fingerprint density at radius 1 is 1.08 bits per heavy atom. The molecule has 1 saturated carbocycles. The van der Waals surface area contributed by atoms with Gasteiger partial charge < -0.3 is 10.1 Å². The third kappa shape index (κ3) is 5.34. The average Bonchev–Trinajstić information content (AvgIpc) is 3.52. The van der Waals surface area contributed by atoms with Crippen molar-refractivity contribution < 1.29 is 35.9 Å². The molecule has 1 fully saturated rings. The Hall–Kier alpha value is -3.91. The van der Waals surface area contributed by atoms with Crippen molar-refractivity contribution in [2.24, 2.45) is 0 Å². The van der Waals surface area contributed by atoms with Crippen molar-refractivity contribution in [3.63, 3.8) is 0 Å². The molecule has 2 aliphatic rings. The highest BCUT2D eigenvalue weighted by Gasteiger charge is 2.60. The lowest BCUT2D eigenvalue weighted by molar-refractivity contribution is -0.201. The molecule has 1 unspecified atom stereocenters. The first-order chi connectivity index (χ1) is 18.5. The zero-order chi connectivity index (χ0) is 27.8. The maximum absolute atomic E-state index is 14.8. The quantitative estimate of drug-likeness (QED) is 0.307. The lowest BCUT2D eigenvalue weighted by atomic mass is 9.77. The second-order valence-electron chi connectivity index (χ2n) is 9.49. The van der Waals surface area contributed by atoms with Crippen LogP contribution in [0.4, 0.5) is 26.3 Å². The zero-order valence-electron chi connectivity index (χ0n) is 20.3. The summed E-state index contributed by atoms with van der Waals surface area (Å²) in [5.74, 6) is -1.04. The summed E-state index contributed by atoms with van der Waals surface area (Å²) in [5.41, 5.74) is -3.05. The number of nitrogens with one attached hydrogen (secondary N) is 2. The number of rotatable bonds is 8. The lowest BCUT2D eigenvalue weighted by Crippen LogP contribution is -2.58. The van der Waals surface area contributed by atoms with Crippen LogP contribution in [0.2, 0.25) is 0 Å². The molecule has 3 heterocycles. The van der Waals surface area contributed by atoms with Crippen LogP contribution in [-0.4, -0.2) is 55.3 Å². The van der Waals surface area contributed by atoms with Crippen LogP contribution in [0.25, 0.3) is 11.1 Å². The van der Waals surface area contributed by atoms with Crippen molar-refractivity contribution in [2.75, 3.05) is 6.61 Å². The fourth-order valence-corrected chi connectivity index (χ4v) is 4.69. The predicted octanol–water partition coefficient (Wildman–Crippen LogP) is 4.73. The van der Waals surface area contributed by atoms with Crippen LogP contribution < -0.4 is 10.1 Å². The van der Waals surface area contributed by atoms with E-state index >= 15 is 0 Å². The third-order valence-electron chi connectivity index (χ3n) is 6.95. The smallest absolute Gasteiger partial charge is 0.416 e. The minimum Gasteiger partial charge on any atom is -0.494 e. The SMILES string of the molecule is O=C1NC(c2ccc(OCCCC(F)(F)F)cc2)(C(F)(F)F)CC(c2ccn(C3CCC3)n2)=C1c1nnn[nH]1. The maximum atomic E-state index is 14.8. The van der Waals surface area contributed by atoms with Crippen LogP contribution in [0.15, 0.2) is 36.5 Å². The van der Waals surface area contributed by atoms with Gasteiger partial charge in [0, 0.05) is 19.0 Å². The lowest BCUT2D eigenvalue weighted by Gasteiger charge is -2.41. The molecular weight excluding hydrogens is 532 g/mol. The van der Waals surface area contributed by atoms with E-state index < -0.39 is 36.6 Å². The van der Waals surface area contributed by atoms with Crippen molar-refractivity contribution in [3.8, 4) is 5.75 Å². The molecule has 1 aliphatic heterocycles. The van der Waals surface area contributed by atoms with Gasteiger partial charge in [-0.2, -0.15) is 31.4 Å². The molecule has 5 rings (SSSR count). The molecule has 0 bridgehead atoms. The van der Waals surface area contributed by atoms with Crippen molar-refractivity contribution >= 4 is 17.1 Å². The molecule has 3 aromatic rings. The summed E-state index contributed by atoms with van der Waals surface area (Å²) < 4.78 is 88.4. The van der Waals surface area contributed by atoms with Crippen LogP contribution in [0, 0.1) is 0 Å². The van der Waals surface area contributed by atoms with Gasteiger partial charge in [0.25, 0.3) is 5.91 Å². The number of hydrogen-bond donors (Lipinski definition) is 2. The van der Waals surface area contributed by atoms with Gasteiger partial charge in [-0.15, -0.1) is 5.10 Å². The van der Waals surface area contributed by atoms with Gasteiger partial charge in [0.2, 0.25) is 0 Å². The van der Waals surface area contributed by atoms with Crippen molar-refractivity contribution in [3.05, 3.63) is 53.6 Å². The maximum Gasteiger partial charge on any atom is 0.416 e. The molecule has 39 heavy (non-hydrogen) atoms. The minimum atomic E-state index is -4.94. The Morgan fingerprint density at radius 3 is 2.41 bits per heavy atom. The Morgan fingerprint density at radius 2 is 1.82 bits per heavy atom. The molecule has 208 valence electrons. The first-order valence-electron chi connectivity index (χ1n) is 12.2. The molecule has 0 spiro atoms. The number of carbonyl (C=O) groups excluding carboxylic acids is 1. The van der Waals surface area contributed by atoms with Gasteiger partial charge in [0.1, 0.15) is 5.75 Å². The Balaban J connectivity index is 1.49. The van der Waals surface area contributed by atoms with Gasteiger partial charge in [0.05, 0.1) is 23.9 Å². The fraction of sp³-hybridized carbons (Fsp3) is 0.458. The van der Waals surface area contributed by atoms with Crippen molar-refractivity contribution in [1.29, 1.82) is 0 Å². The largest absolute Gasteiger partial charge is 0.494 e. The third-order valence-corrected chi connectivity index (χ3v) is 6.95. The number of alkyl halides is 6. The number of halogens is 6. The first kappa shape index (κ1) is 26.7. The van der Waals surface area contributed by atoms with Crippen LogP contribution in [-0.2, 0) is 10.3 Å². The van der Waals surface area contributed by atoms with Gasteiger partial charge in [-0.1, -0.05) is 12.1 Å². The van der Waals surface area contributed by atoms with E-state index in [2.05, 4.69) is 31.0 Å². The minimum absolute atomic E-state index is 0.0141. The van der Waals surface area contributed by atoms with E-state index in [4.69, 9.17) is 4.74 Å². The second-order valence-corrected chi connectivity index (χ2v) is 9.49. The predicted molar refractivity (Wildman–Crippen MR) is 124 cm³/mol. The van der Waals surface area contributed by atoms with E-state index in [9.17, 15) is 31.1 Å². The number of ether oxygens (including phenoxy) is 1. The number of amides is 1. The molecule has 9 nitrogen and oxygen atoms in total. The van der Waals surface area contributed by atoms with Crippen molar-refractivity contribution in [1.82, 2.24) is 35.7 Å². The number of carbonyl (C=O) groups is 1. The van der Waals surface area contributed by atoms with Crippen LogP contribution in [0.1, 0.15) is 61.6 Å². The normalized spacial score (nSPS) is 20.6. The molecule has 2 N–H and O–H groups in total. The zero-order valence-corrected chi connectivity index (χ0v) is 20.3. The van der Waals surface area contributed by atoms with Gasteiger partial charge in [-0.3, -0.25) is 9.48 Å². The van der Waals surface area contributed by atoms with Gasteiger partial charge in [0.15, 0.2) is 11.4 Å². The summed E-state index contributed by atoms with van der Waals surface area (Å²) in [6, 6.07) is 6.44. The highest BCUT2D eigenvalue weighted by atomic mass is 19.4. The molecule has 1 aliphatic carbocycles. The van der Waals surface area contributed by atoms with Crippen molar-refractivity contribution in [2.45, 2.75) is 62.5 Å². The standard InChI is InChI=1S/C24H23F6N7O2/c25-23(26,27)10-2-12-39-16-7-5-14(6-8-16)22(24(28,29)30)13-17(18-9-11-37(34-18)15-3-1-4-15)19(21(38)31-22)20-32-35-36-33-20/h5-9,11,15H,1-4,10,12-13H2,(H,31,38)(H,32,33,35,36). The van der Waals surface area contributed by atoms with E-state index in [1.54, 1.807) is 16.9 Å². The number of nitrogens with zero attached hydrogens (tertiary/aromatic N) is 5. The summed E-state index contributed by atoms with van der Waals surface area (Å²) in [6.07, 6.45) is -6.80. The van der Waals surface area contributed by atoms with Gasteiger partial charge in [-0.05, 0) is 65.4 Å². The van der Waals surface area contributed by atoms with Crippen LogP contribution >= 0.6 is 0 Å². The van der Waals surface area contributed by atoms with Crippen LogP contribution in [0.5, 0.6) is 5.75 Å². The van der Waals surface area contributed by atoms with E-state index in [1.165, 1.54) is 12.1 Å². The Kier molecular flexibility index (Phi) is 6.84. The molecule has 0 radical (unpaired) electrons. The average molecular weight is 555 g/mol. The first-order valence-corrected chi connectivity index (χ1v) is 12.2. The molecule has 15 heteroatoms. The molecule has 0 saturated heterocycles. The summed E-state index contributed by atoms with van der Waals surface area (Å²) in [4.78, 5) is 13.3. The van der Waals surface area contributed by atoms with Crippen LogP contribution in [0.3, 0.4) is 0 Å². The number of aromatic nitrogens is 6. The summed E-state index contributed by atoms with van der Waals surface area (Å²) in [6.45, 7) is -0.259. The number of tetrazole rings is 1. The van der Waals surface area contributed by atoms with E-state index in [1.807, 2.05) is 0 Å². The second kappa shape index (κ2) is 10.0. The highest BCUT2D eigenvalue weighted by Crippen LogP contribution is 2.49. The molecule has 2 aromatic heterocycles. The van der Waals surface area contributed by atoms with Gasteiger partial charge in [-0.25, -0.2) is 5.10 Å². The van der Waals surface area contributed by atoms with E-state index in [0.29, 0.717) is 0 Å². The topological polar surface area (TPSA) is 111 Å². The number of H-pyrrole nitrogens is 1. The summed E-state index contributed by atoms with van der Waals surface area (Å²) in [7, 11) is 0. The monoisotopic (exact) mass is 555 g/mol. The molecule has 1 aromatic carbocycles. The fourth-order valence-electron chi connectivity index (χ4n) is 4.69. The van der Waals surface area contributed by atoms with Gasteiger partial charge >= 0.3 is 12.4 Å².